The molecule has 0 unspecified atom stereocenters. The zero-order valence-corrected chi connectivity index (χ0v) is 15.2. The van der Waals surface area contributed by atoms with Gasteiger partial charge >= 0.3 is 0 Å². The standard InChI is InChI=1S/C19H24N4O4/c24-14-21-10-8-20(9-11-22(15-25)13-12-21)6-3-7-23-18(26)16-4-1-2-5-17(16)19(23)27/h1-2,4-5,14-15H,3,6-13H2. The molecule has 0 radical (unpaired) electrons. The fourth-order valence-electron chi connectivity index (χ4n) is 3.46. The van der Waals surface area contributed by atoms with Crippen LogP contribution < -0.4 is 0 Å². The molecule has 0 saturated carbocycles. The Kier molecular flexibility index (Phi) is 6.18. The number of rotatable bonds is 6. The number of hydrogen-bond donors (Lipinski definition) is 0. The Morgan fingerprint density at radius 3 is 1.70 bits per heavy atom. The minimum Gasteiger partial charge on any atom is -0.342 e. The quantitative estimate of drug-likeness (QED) is 0.515. The van der Waals surface area contributed by atoms with E-state index in [4.69, 9.17) is 0 Å². The summed E-state index contributed by atoms with van der Waals surface area (Å²) in [5.41, 5.74) is 0.932. The Morgan fingerprint density at radius 1 is 0.741 bits per heavy atom. The summed E-state index contributed by atoms with van der Waals surface area (Å²) < 4.78 is 0. The van der Waals surface area contributed by atoms with Gasteiger partial charge in [-0.2, -0.15) is 0 Å². The molecule has 2 aliphatic rings. The minimum absolute atomic E-state index is 0.237. The number of benzene rings is 1. The van der Waals surface area contributed by atoms with Crippen LogP contribution in [-0.2, 0) is 9.59 Å². The molecule has 1 fully saturated rings. The van der Waals surface area contributed by atoms with E-state index in [-0.39, 0.29) is 11.8 Å². The van der Waals surface area contributed by atoms with E-state index in [9.17, 15) is 19.2 Å². The second-order valence-electron chi connectivity index (χ2n) is 6.79. The number of imide groups is 1. The van der Waals surface area contributed by atoms with Crippen molar-refractivity contribution in [3.05, 3.63) is 35.4 Å². The van der Waals surface area contributed by atoms with Crippen molar-refractivity contribution in [3.8, 4) is 0 Å². The van der Waals surface area contributed by atoms with Gasteiger partial charge in [-0.3, -0.25) is 29.0 Å². The lowest BCUT2D eigenvalue weighted by Crippen LogP contribution is -2.38. The van der Waals surface area contributed by atoms with Crippen LogP contribution in [0.25, 0.3) is 0 Å². The maximum atomic E-state index is 12.4. The number of carbonyl (C=O) groups is 4. The first-order valence-electron chi connectivity index (χ1n) is 9.20. The third kappa shape index (κ3) is 4.33. The molecule has 4 amide bonds. The molecule has 1 saturated heterocycles. The van der Waals surface area contributed by atoms with Gasteiger partial charge < -0.3 is 9.80 Å². The zero-order valence-electron chi connectivity index (χ0n) is 15.2. The van der Waals surface area contributed by atoms with E-state index in [1.165, 1.54) is 4.90 Å². The van der Waals surface area contributed by atoms with Crippen LogP contribution in [0, 0.1) is 0 Å². The Balaban J connectivity index is 1.54. The molecular formula is C19H24N4O4. The normalized spacial score (nSPS) is 18.7. The Hall–Kier alpha value is -2.74. The fraction of sp³-hybridized carbons (Fsp3) is 0.474. The fourth-order valence-corrected chi connectivity index (χ4v) is 3.46. The van der Waals surface area contributed by atoms with Crippen molar-refractivity contribution in [2.24, 2.45) is 0 Å². The molecule has 0 bridgehead atoms. The predicted octanol–water partition coefficient (Wildman–Crippen LogP) is -0.0949. The van der Waals surface area contributed by atoms with E-state index in [1.54, 1.807) is 34.1 Å². The van der Waals surface area contributed by atoms with Crippen LogP contribution in [0.2, 0.25) is 0 Å². The molecule has 2 aliphatic heterocycles. The molecule has 0 atom stereocenters. The van der Waals surface area contributed by atoms with E-state index in [1.807, 2.05) is 0 Å². The van der Waals surface area contributed by atoms with Crippen LogP contribution in [-0.4, -0.2) is 96.6 Å². The highest BCUT2D eigenvalue weighted by Crippen LogP contribution is 2.22. The number of amides is 4. The van der Waals surface area contributed by atoms with Gasteiger partial charge in [-0.1, -0.05) is 12.1 Å². The van der Waals surface area contributed by atoms with Crippen LogP contribution in [0.5, 0.6) is 0 Å². The number of fused-ring (bicyclic) bond motifs is 1. The average molecular weight is 372 g/mol. The van der Waals surface area contributed by atoms with Crippen molar-refractivity contribution in [2.75, 3.05) is 52.4 Å². The third-order valence-electron chi connectivity index (χ3n) is 5.11. The Labute approximate surface area is 158 Å². The second kappa shape index (κ2) is 8.77. The van der Waals surface area contributed by atoms with E-state index < -0.39 is 0 Å². The molecular weight excluding hydrogens is 348 g/mol. The van der Waals surface area contributed by atoms with Gasteiger partial charge in [0.05, 0.1) is 11.1 Å². The molecule has 0 N–H and O–H groups in total. The molecule has 8 nitrogen and oxygen atoms in total. The molecule has 27 heavy (non-hydrogen) atoms. The molecule has 144 valence electrons. The zero-order chi connectivity index (χ0) is 19.2. The molecule has 1 aromatic rings. The molecule has 2 heterocycles. The van der Waals surface area contributed by atoms with Crippen molar-refractivity contribution in [1.29, 1.82) is 0 Å². The lowest BCUT2D eigenvalue weighted by molar-refractivity contribution is -0.121. The van der Waals surface area contributed by atoms with Crippen LogP contribution in [0.1, 0.15) is 27.1 Å². The molecule has 0 spiro atoms. The Bertz CT molecular complexity index is 668. The number of carbonyl (C=O) groups excluding carboxylic acids is 4. The molecule has 8 heteroatoms. The van der Waals surface area contributed by atoms with E-state index >= 15 is 0 Å². The number of hydrogen-bond acceptors (Lipinski definition) is 5. The first-order chi connectivity index (χ1) is 13.1. The van der Waals surface area contributed by atoms with Crippen LogP contribution in [0.3, 0.4) is 0 Å². The molecule has 0 aliphatic carbocycles. The monoisotopic (exact) mass is 372 g/mol. The highest BCUT2D eigenvalue weighted by atomic mass is 16.2. The lowest BCUT2D eigenvalue weighted by atomic mass is 10.1. The summed E-state index contributed by atoms with van der Waals surface area (Å²) in [6.07, 6.45) is 2.27. The lowest BCUT2D eigenvalue weighted by Gasteiger charge is -2.25. The summed E-state index contributed by atoms with van der Waals surface area (Å²) in [5.74, 6) is -0.473. The van der Waals surface area contributed by atoms with Crippen molar-refractivity contribution in [1.82, 2.24) is 19.6 Å². The van der Waals surface area contributed by atoms with Crippen molar-refractivity contribution < 1.29 is 19.2 Å². The van der Waals surface area contributed by atoms with Crippen LogP contribution >= 0.6 is 0 Å². The van der Waals surface area contributed by atoms with Gasteiger partial charge in [-0.05, 0) is 25.1 Å². The maximum Gasteiger partial charge on any atom is 0.261 e. The van der Waals surface area contributed by atoms with E-state index in [2.05, 4.69) is 4.90 Å². The molecule has 1 aromatic carbocycles. The first kappa shape index (κ1) is 19.0. The smallest absolute Gasteiger partial charge is 0.261 e. The summed E-state index contributed by atoms with van der Waals surface area (Å²) in [6.45, 7) is 4.72. The first-order valence-corrected chi connectivity index (χ1v) is 9.20. The topological polar surface area (TPSA) is 81.2 Å². The summed E-state index contributed by atoms with van der Waals surface area (Å²) in [4.78, 5) is 53.8. The van der Waals surface area contributed by atoms with Gasteiger partial charge in [0.15, 0.2) is 0 Å². The van der Waals surface area contributed by atoms with Gasteiger partial charge in [0.1, 0.15) is 0 Å². The SMILES string of the molecule is O=CN1CCN(C=O)CCN(CCCN2C(=O)c3ccccc3C2=O)CC1. The van der Waals surface area contributed by atoms with Gasteiger partial charge in [-0.25, -0.2) is 0 Å². The van der Waals surface area contributed by atoms with Crippen molar-refractivity contribution in [3.63, 3.8) is 0 Å². The van der Waals surface area contributed by atoms with Crippen molar-refractivity contribution in [2.45, 2.75) is 6.42 Å². The highest BCUT2D eigenvalue weighted by molar-refractivity contribution is 6.21. The highest BCUT2D eigenvalue weighted by Gasteiger charge is 2.34. The molecule has 0 aromatic heterocycles. The van der Waals surface area contributed by atoms with E-state index in [0.29, 0.717) is 69.9 Å². The van der Waals surface area contributed by atoms with Gasteiger partial charge in [-0.15, -0.1) is 0 Å². The summed E-state index contributed by atoms with van der Waals surface area (Å²) in [7, 11) is 0. The predicted molar refractivity (Wildman–Crippen MR) is 98.1 cm³/mol. The van der Waals surface area contributed by atoms with Gasteiger partial charge in [0.2, 0.25) is 12.8 Å². The third-order valence-corrected chi connectivity index (χ3v) is 5.11. The summed E-state index contributed by atoms with van der Waals surface area (Å²) in [6, 6.07) is 6.88. The maximum absolute atomic E-state index is 12.4. The summed E-state index contributed by atoms with van der Waals surface area (Å²) in [5, 5.41) is 0. The Morgan fingerprint density at radius 2 is 1.22 bits per heavy atom. The average Bonchev–Trinajstić information content (AvgIpc) is 2.99. The van der Waals surface area contributed by atoms with Crippen LogP contribution in [0.4, 0.5) is 0 Å². The summed E-state index contributed by atoms with van der Waals surface area (Å²) >= 11 is 0. The molecule has 3 rings (SSSR count). The van der Waals surface area contributed by atoms with E-state index in [0.717, 1.165) is 12.8 Å². The van der Waals surface area contributed by atoms with Gasteiger partial charge in [0.25, 0.3) is 11.8 Å². The van der Waals surface area contributed by atoms with Crippen LogP contribution in [0.15, 0.2) is 24.3 Å². The largest absolute Gasteiger partial charge is 0.342 e. The second-order valence-corrected chi connectivity index (χ2v) is 6.79. The van der Waals surface area contributed by atoms with Gasteiger partial charge in [0, 0.05) is 45.8 Å². The minimum atomic E-state index is -0.237. The van der Waals surface area contributed by atoms with Crippen molar-refractivity contribution >= 4 is 24.6 Å². The number of nitrogens with zero attached hydrogens (tertiary/aromatic N) is 4.